The molecule has 0 amide bonds. The van der Waals surface area contributed by atoms with Crippen LogP contribution in [0, 0.1) is 5.82 Å². The van der Waals surface area contributed by atoms with Crippen molar-refractivity contribution in [3.05, 3.63) is 84.3 Å². The number of rotatable bonds is 7. The molecule has 0 unspecified atom stereocenters. The molecule has 0 saturated carbocycles. The second-order valence-electron chi connectivity index (χ2n) is 7.49. The standard InChI is InChI=1S/C24H22FN3O5S/c1-27(15-16-7-3-6-10-23(16)33-2)34(31,32)24-13-17(21(29)14-22(24)30)19-11-12-26-28(19)20-9-5-4-8-18(20)25/h3-14,29-30H,15H2,1-2H3. The number of benzene rings is 3. The lowest BCUT2D eigenvalue weighted by Gasteiger charge is -2.20. The summed E-state index contributed by atoms with van der Waals surface area (Å²) in [6, 6.07) is 16.5. The van der Waals surface area contributed by atoms with Crippen LogP contribution in [0.15, 0.2) is 77.8 Å². The van der Waals surface area contributed by atoms with Gasteiger partial charge in [-0.05, 0) is 30.3 Å². The Labute approximate surface area is 196 Å². The van der Waals surface area contributed by atoms with Crippen LogP contribution in [-0.4, -0.2) is 46.9 Å². The summed E-state index contributed by atoms with van der Waals surface area (Å²) in [7, 11) is -1.33. The SMILES string of the molecule is COc1ccccc1CN(C)S(=O)(=O)c1cc(-c2ccnn2-c2ccccc2F)c(O)cc1O. The van der Waals surface area contributed by atoms with Crippen LogP contribution in [0.4, 0.5) is 4.39 Å². The molecule has 0 spiro atoms. The summed E-state index contributed by atoms with van der Waals surface area (Å²) in [5.41, 5.74) is 1.05. The number of aromatic nitrogens is 2. The van der Waals surface area contributed by atoms with E-state index in [0.717, 1.165) is 16.4 Å². The highest BCUT2D eigenvalue weighted by Gasteiger charge is 2.28. The Morgan fingerprint density at radius 3 is 2.47 bits per heavy atom. The minimum absolute atomic E-state index is 0.0187. The summed E-state index contributed by atoms with van der Waals surface area (Å²) in [4.78, 5) is -0.418. The highest BCUT2D eigenvalue weighted by Crippen LogP contribution is 2.39. The lowest BCUT2D eigenvalue weighted by atomic mass is 10.1. The molecule has 0 aliphatic heterocycles. The third-order valence-electron chi connectivity index (χ3n) is 5.35. The zero-order valence-corrected chi connectivity index (χ0v) is 19.2. The van der Waals surface area contributed by atoms with Gasteiger partial charge in [0.25, 0.3) is 0 Å². The van der Waals surface area contributed by atoms with Gasteiger partial charge in [0.1, 0.15) is 33.6 Å². The number of phenolic OH excluding ortho intramolecular Hbond substituents is 2. The molecule has 176 valence electrons. The Morgan fingerprint density at radius 1 is 1.03 bits per heavy atom. The minimum atomic E-state index is -4.20. The average Bonchev–Trinajstić information content (AvgIpc) is 3.29. The van der Waals surface area contributed by atoms with E-state index in [1.807, 2.05) is 0 Å². The summed E-state index contributed by atoms with van der Waals surface area (Å²) in [5, 5.41) is 25.1. The number of aromatic hydroxyl groups is 2. The van der Waals surface area contributed by atoms with Crippen LogP contribution in [0.1, 0.15) is 5.56 Å². The van der Waals surface area contributed by atoms with Gasteiger partial charge in [0, 0.05) is 30.8 Å². The van der Waals surface area contributed by atoms with Crippen molar-refractivity contribution in [1.82, 2.24) is 14.1 Å². The van der Waals surface area contributed by atoms with E-state index in [1.165, 1.54) is 49.3 Å². The number of halogens is 1. The fourth-order valence-electron chi connectivity index (χ4n) is 3.62. The van der Waals surface area contributed by atoms with Crippen molar-refractivity contribution in [3.63, 3.8) is 0 Å². The summed E-state index contributed by atoms with van der Waals surface area (Å²) in [6.07, 6.45) is 1.40. The first kappa shape index (κ1) is 23.3. The van der Waals surface area contributed by atoms with Gasteiger partial charge in [-0.15, -0.1) is 0 Å². The van der Waals surface area contributed by atoms with Crippen molar-refractivity contribution < 1.29 is 27.8 Å². The largest absolute Gasteiger partial charge is 0.507 e. The summed E-state index contributed by atoms with van der Waals surface area (Å²) in [5.74, 6) is -1.03. The zero-order valence-electron chi connectivity index (χ0n) is 18.4. The molecule has 0 aliphatic carbocycles. The number of hydrogen-bond acceptors (Lipinski definition) is 6. The van der Waals surface area contributed by atoms with Crippen molar-refractivity contribution in [2.24, 2.45) is 0 Å². The number of methoxy groups -OCH3 is 1. The molecule has 0 bridgehead atoms. The van der Waals surface area contributed by atoms with E-state index in [0.29, 0.717) is 11.3 Å². The van der Waals surface area contributed by atoms with E-state index in [9.17, 15) is 23.0 Å². The quantitative estimate of drug-likeness (QED) is 0.413. The molecule has 0 saturated heterocycles. The summed E-state index contributed by atoms with van der Waals surface area (Å²) >= 11 is 0. The van der Waals surface area contributed by atoms with E-state index in [4.69, 9.17) is 4.74 Å². The fourth-order valence-corrected chi connectivity index (χ4v) is 4.85. The van der Waals surface area contributed by atoms with E-state index in [1.54, 1.807) is 30.3 Å². The van der Waals surface area contributed by atoms with Gasteiger partial charge in [-0.1, -0.05) is 30.3 Å². The van der Waals surface area contributed by atoms with E-state index in [-0.39, 0.29) is 29.2 Å². The number of hydrogen-bond donors (Lipinski definition) is 2. The molecule has 0 radical (unpaired) electrons. The van der Waals surface area contributed by atoms with Crippen molar-refractivity contribution in [1.29, 1.82) is 0 Å². The number of phenols is 2. The van der Waals surface area contributed by atoms with Gasteiger partial charge in [-0.2, -0.15) is 9.40 Å². The van der Waals surface area contributed by atoms with Crippen molar-refractivity contribution in [2.45, 2.75) is 11.4 Å². The third kappa shape index (κ3) is 4.20. The molecule has 2 N–H and O–H groups in total. The van der Waals surface area contributed by atoms with Crippen LogP contribution in [0.2, 0.25) is 0 Å². The first-order valence-electron chi connectivity index (χ1n) is 10.2. The number of sulfonamides is 1. The lowest BCUT2D eigenvalue weighted by Crippen LogP contribution is -2.26. The number of ether oxygens (including phenoxy) is 1. The Morgan fingerprint density at radius 2 is 1.74 bits per heavy atom. The van der Waals surface area contributed by atoms with Crippen molar-refractivity contribution >= 4 is 10.0 Å². The topological polar surface area (TPSA) is 105 Å². The predicted octanol–water partition coefficient (Wildman–Crippen LogP) is 3.92. The molecule has 10 heteroatoms. The number of para-hydroxylation sites is 2. The molecule has 34 heavy (non-hydrogen) atoms. The van der Waals surface area contributed by atoms with Gasteiger partial charge in [0.2, 0.25) is 10.0 Å². The first-order valence-corrected chi connectivity index (χ1v) is 11.6. The maximum absolute atomic E-state index is 14.4. The smallest absolute Gasteiger partial charge is 0.246 e. The fraction of sp³-hybridized carbons (Fsp3) is 0.125. The molecule has 1 aromatic heterocycles. The lowest BCUT2D eigenvalue weighted by molar-refractivity contribution is 0.396. The summed E-state index contributed by atoms with van der Waals surface area (Å²) in [6.45, 7) is -0.0187. The third-order valence-corrected chi connectivity index (χ3v) is 7.18. The average molecular weight is 484 g/mol. The Bertz CT molecular complexity index is 1450. The van der Waals surface area contributed by atoms with E-state index in [2.05, 4.69) is 5.10 Å². The molecular formula is C24H22FN3O5S. The zero-order chi connectivity index (χ0) is 24.5. The van der Waals surface area contributed by atoms with Crippen LogP contribution in [-0.2, 0) is 16.6 Å². The normalized spacial score (nSPS) is 11.6. The highest BCUT2D eigenvalue weighted by molar-refractivity contribution is 7.89. The van der Waals surface area contributed by atoms with Gasteiger partial charge >= 0.3 is 0 Å². The molecular weight excluding hydrogens is 461 g/mol. The van der Waals surface area contributed by atoms with Crippen LogP contribution in [0.25, 0.3) is 16.9 Å². The maximum atomic E-state index is 14.4. The van der Waals surface area contributed by atoms with E-state index >= 15 is 0 Å². The number of nitrogens with zero attached hydrogens (tertiary/aromatic N) is 3. The molecule has 4 aromatic rings. The van der Waals surface area contributed by atoms with Crippen LogP contribution < -0.4 is 4.74 Å². The Hall–Kier alpha value is -3.89. The van der Waals surface area contributed by atoms with Crippen LogP contribution in [0.5, 0.6) is 17.2 Å². The molecule has 4 rings (SSSR count). The predicted molar refractivity (Wildman–Crippen MR) is 124 cm³/mol. The minimum Gasteiger partial charge on any atom is -0.507 e. The van der Waals surface area contributed by atoms with Crippen molar-refractivity contribution in [3.8, 4) is 34.2 Å². The van der Waals surface area contributed by atoms with Crippen LogP contribution >= 0.6 is 0 Å². The summed E-state index contributed by atoms with van der Waals surface area (Å²) < 4.78 is 48.7. The van der Waals surface area contributed by atoms with Gasteiger partial charge in [0.15, 0.2) is 0 Å². The van der Waals surface area contributed by atoms with Crippen LogP contribution in [0.3, 0.4) is 0 Å². The molecule has 0 atom stereocenters. The van der Waals surface area contributed by atoms with Gasteiger partial charge in [-0.25, -0.2) is 17.5 Å². The first-order chi connectivity index (χ1) is 16.2. The van der Waals surface area contributed by atoms with Gasteiger partial charge in [0.05, 0.1) is 19.0 Å². The molecule has 1 heterocycles. The monoisotopic (exact) mass is 483 g/mol. The molecule has 0 aliphatic rings. The van der Waals surface area contributed by atoms with E-state index < -0.39 is 26.5 Å². The molecule has 3 aromatic carbocycles. The highest BCUT2D eigenvalue weighted by atomic mass is 32.2. The maximum Gasteiger partial charge on any atom is 0.246 e. The Kier molecular flexibility index (Phi) is 6.27. The molecule has 8 nitrogen and oxygen atoms in total. The second kappa shape index (κ2) is 9.16. The van der Waals surface area contributed by atoms with Gasteiger partial charge < -0.3 is 14.9 Å². The van der Waals surface area contributed by atoms with Gasteiger partial charge in [-0.3, -0.25) is 0 Å². The van der Waals surface area contributed by atoms with Crippen molar-refractivity contribution in [2.75, 3.05) is 14.2 Å². The Balaban J connectivity index is 1.77. The second-order valence-corrected chi connectivity index (χ2v) is 9.50. The molecule has 0 fully saturated rings.